The number of hydrogen-bond acceptors (Lipinski definition) is 6. The van der Waals surface area contributed by atoms with Crippen LogP contribution in [-0.2, 0) is 6.61 Å². The molecule has 0 saturated carbocycles. The number of rotatable bonds is 5. The summed E-state index contributed by atoms with van der Waals surface area (Å²) in [5, 5.41) is 9.20. The average molecular weight is 278 g/mol. The molecule has 1 heterocycles. The highest BCUT2D eigenvalue weighted by atomic mass is 32.1. The summed E-state index contributed by atoms with van der Waals surface area (Å²) in [6.07, 6.45) is 0. The number of aromatic nitrogens is 2. The highest BCUT2D eigenvalue weighted by Gasteiger charge is 2.07. The number of ether oxygens (including phenoxy) is 1. The van der Waals surface area contributed by atoms with Crippen LogP contribution in [0.3, 0.4) is 0 Å². The van der Waals surface area contributed by atoms with Crippen molar-refractivity contribution in [3.63, 3.8) is 0 Å². The van der Waals surface area contributed by atoms with Gasteiger partial charge < -0.3 is 4.74 Å². The molecule has 0 amide bonds. The molecule has 0 unspecified atom stereocenters. The molecule has 1 aromatic heterocycles. The topological polar surface area (TPSA) is 73.1 Å². The van der Waals surface area contributed by atoms with Gasteiger partial charge in [-0.1, -0.05) is 31.3 Å². The first-order chi connectivity index (χ1) is 9.10. The van der Waals surface area contributed by atoms with Gasteiger partial charge >= 0.3 is 0 Å². The van der Waals surface area contributed by atoms with Gasteiger partial charge in [0.15, 0.2) is 5.01 Å². The van der Waals surface area contributed by atoms with Gasteiger partial charge in [-0.2, -0.15) is 0 Å². The fraction of sp³-hybridized carbons (Fsp3) is 0.385. The van der Waals surface area contributed by atoms with Crippen molar-refractivity contribution in [2.24, 2.45) is 5.84 Å². The van der Waals surface area contributed by atoms with E-state index < -0.39 is 0 Å². The van der Waals surface area contributed by atoms with Crippen molar-refractivity contribution in [2.45, 2.75) is 33.3 Å². The van der Waals surface area contributed by atoms with E-state index in [9.17, 15) is 0 Å². The summed E-state index contributed by atoms with van der Waals surface area (Å²) in [7, 11) is 0. The van der Waals surface area contributed by atoms with Gasteiger partial charge in [0.25, 0.3) is 0 Å². The summed E-state index contributed by atoms with van der Waals surface area (Å²) >= 11 is 1.38. The van der Waals surface area contributed by atoms with Crippen molar-refractivity contribution in [1.82, 2.24) is 10.2 Å². The van der Waals surface area contributed by atoms with Crippen molar-refractivity contribution >= 4 is 16.5 Å². The Balaban J connectivity index is 2.01. The largest absolute Gasteiger partial charge is 0.486 e. The fourth-order valence-electron chi connectivity index (χ4n) is 1.90. The van der Waals surface area contributed by atoms with Crippen LogP contribution in [0.5, 0.6) is 5.75 Å². The Morgan fingerprint density at radius 1 is 1.37 bits per heavy atom. The molecule has 0 radical (unpaired) electrons. The minimum absolute atomic E-state index is 0.403. The molecule has 0 spiro atoms. The number of nitrogens with two attached hydrogens (primary N) is 1. The first-order valence-electron chi connectivity index (χ1n) is 6.12. The van der Waals surface area contributed by atoms with Crippen LogP contribution in [0.4, 0.5) is 5.13 Å². The van der Waals surface area contributed by atoms with Gasteiger partial charge in [-0.25, -0.2) is 5.84 Å². The van der Waals surface area contributed by atoms with Gasteiger partial charge in [0.2, 0.25) is 5.13 Å². The van der Waals surface area contributed by atoms with Crippen LogP contribution in [0.25, 0.3) is 0 Å². The SMILES string of the molecule is Cc1cc(OCc2nnc(NN)s2)ccc1C(C)C. The Bertz CT molecular complexity index is 553. The van der Waals surface area contributed by atoms with Gasteiger partial charge in [-0.3, -0.25) is 5.43 Å². The molecular weight excluding hydrogens is 260 g/mol. The predicted molar refractivity (Wildman–Crippen MR) is 77.3 cm³/mol. The molecule has 0 aliphatic heterocycles. The molecule has 102 valence electrons. The van der Waals surface area contributed by atoms with Crippen LogP contribution in [0.2, 0.25) is 0 Å². The van der Waals surface area contributed by atoms with Crippen molar-refractivity contribution in [3.8, 4) is 5.75 Å². The lowest BCUT2D eigenvalue weighted by Gasteiger charge is -2.11. The van der Waals surface area contributed by atoms with Crippen LogP contribution in [-0.4, -0.2) is 10.2 Å². The Morgan fingerprint density at radius 3 is 2.74 bits per heavy atom. The maximum Gasteiger partial charge on any atom is 0.219 e. The third kappa shape index (κ3) is 3.42. The second-order valence-corrected chi connectivity index (χ2v) is 5.67. The number of nitrogens with one attached hydrogen (secondary N) is 1. The molecule has 0 saturated heterocycles. The molecule has 19 heavy (non-hydrogen) atoms. The van der Waals surface area contributed by atoms with Gasteiger partial charge in [-0.05, 0) is 36.1 Å². The van der Waals surface area contributed by atoms with E-state index in [1.807, 2.05) is 6.07 Å². The number of hydrogen-bond donors (Lipinski definition) is 2. The number of hydrazine groups is 1. The summed E-state index contributed by atoms with van der Waals surface area (Å²) in [6.45, 7) is 6.88. The summed E-state index contributed by atoms with van der Waals surface area (Å²) in [5.74, 6) is 6.62. The molecule has 6 heteroatoms. The van der Waals surface area contributed by atoms with Crippen LogP contribution in [0, 0.1) is 6.92 Å². The lowest BCUT2D eigenvalue weighted by Crippen LogP contribution is -2.05. The number of nitrogens with zero attached hydrogens (tertiary/aromatic N) is 2. The number of aryl methyl sites for hydroxylation is 1. The molecule has 2 aromatic rings. The molecular formula is C13H18N4OS. The van der Waals surface area contributed by atoms with E-state index in [4.69, 9.17) is 10.6 Å². The van der Waals surface area contributed by atoms with Crippen molar-refractivity contribution in [3.05, 3.63) is 34.3 Å². The molecule has 0 aliphatic carbocycles. The summed E-state index contributed by atoms with van der Waals surface area (Å²) in [5.41, 5.74) is 5.05. The molecule has 5 nitrogen and oxygen atoms in total. The van der Waals surface area contributed by atoms with Crippen LogP contribution in [0.1, 0.15) is 35.9 Å². The zero-order chi connectivity index (χ0) is 13.8. The molecule has 0 atom stereocenters. The standard InChI is InChI=1S/C13H18N4OS/c1-8(2)11-5-4-10(6-9(11)3)18-7-12-16-17-13(15-14)19-12/h4-6,8H,7,14H2,1-3H3,(H,15,17). The van der Waals surface area contributed by atoms with Crippen LogP contribution >= 0.6 is 11.3 Å². The lowest BCUT2D eigenvalue weighted by molar-refractivity contribution is 0.304. The monoisotopic (exact) mass is 278 g/mol. The average Bonchev–Trinajstić information content (AvgIpc) is 2.84. The minimum atomic E-state index is 0.403. The maximum atomic E-state index is 5.70. The van der Waals surface area contributed by atoms with E-state index in [0.717, 1.165) is 10.8 Å². The zero-order valence-corrected chi connectivity index (χ0v) is 12.1. The van der Waals surface area contributed by atoms with Crippen LogP contribution < -0.4 is 16.0 Å². The van der Waals surface area contributed by atoms with Gasteiger partial charge in [0.05, 0.1) is 0 Å². The number of anilines is 1. The first kappa shape index (κ1) is 13.8. The summed E-state index contributed by atoms with van der Waals surface area (Å²) in [4.78, 5) is 0. The Morgan fingerprint density at radius 2 is 2.16 bits per heavy atom. The summed E-state index contributed by atoms with van der Waals surface area (Å²) < 4.78 is 5.70. The van der Waals surface area contributed by atoms with E-state index in [0.29, 0.717) is 17.7 Å². The smallest absolute Gasteiger partial charge is 0.219 e. The molecule has 3 N–H and O–H groups in total. The quantitative estimate of drug-likeness (QED) is 0.650. The second-order valence-electron chi connectivity index (χ2n) is 4.61. The third-order valence-electron chi connectivity index (χ3n) is 2.82. The molecule has 0 aliphatic rings. The zero-order valence-electron chi connectivity index (χ0n) is 11.3. The van der Waals surface area contributed by atoms with E-state index in [1.54, 1.807) is 0 Å². The minimum Gasteiger partial charge on any atom is -0.486 e. The highest BCUT2D eigenvalue weighted by Crippen LogP contribution is 2.24. The van der Waals surface area contributed by atoms with Crippen molar-refractivity contribution < 1.29 is 4.74 Å². The van der Waals surface area contributed by atoms with Gasteiger partial charge in [0, 0.05) is 0 Å². The van der Waals surface area contributed by atoms with Crippen LogP contribution in [0.15, 0.2) is 18.2 Å². The normalized spacial score (nSPS) is 10.8. The Labute approximate surface area is 116 Å². The van der Waals surface area contributed by atoms with Gasteiger partial charge in [0.1, 0.15) is 12.4 Å². The fourth-order valence-corrected chi connectivity index (χ4v) is 2.46. The number of benzene rings is 1. The Hall–Kier alpha value is -1.66. The van der Waals surface area contributed by atoms with E-state index in [-0.39, 0.29) is 0 Å². The van der Waals surface area contributed by atoms with E-state index in [2.05, 4.69) is 48.5 Å². The molecule has 2 rings (SSSR count). The van der Waals surface area contributed by atoms with E-state index >= 15 is 0 Å². The molecule has 0 fully saturated rings. The number of nitrogen functional groups attached to an aromatic ring is 1. The van der Waals surface area contributed by atoms with Crippen molar-refractivity contribution in [2.75, 3.05) is 5.43 Å². The first-order valence-corrected chi connectivity index (χ1v) is 6.94. The second kappa shape index (κ2) is 5.99. The molecule has 1 aromatic carbocycles. The molecule has 0 bridgehead atoms. The predicted octanol–water partition coefficient (Wildman–Crippen LogP) is 2.83. The summed E-state index contributed by atoms with van der Waals surface area (Å²) in [6, 6.07) is 6.16. The Kier molecular flexibility index (Phi) is 4.34. The van der Waals surface area contributed by atoms with E-state index in [1.165, 1.54) is 22.5 Å². The maximum absolute atomic E-state index is 5.70. The highest BCUT2D eigenvalue weighted by molar-refractivity contribution is 7.15. The lowest BCUT2D eigenvalue weighted by atomic mass is 9.98. The van der Waals surface area contributed by atoms with Crippen molar-refractivity contribution in [1.29, 1.82) is 0 Å². The third-order valence-corrected chi connectivity index (χ3v) is 3.64. The van der Waals surface area contributed by atoms with Gasteiger partial charge in [-0.15, -0.1) is 10.2 Å².